The fraction of sp³-hybridized carbons (Fsp3) is 0.688. The summed E-state index contributed by atoms with van der Waals surface area (Å²) in [5, 5.41) is 9.01. The number of nitrogens with zero attached hydrogens (tertiary/aromatic N) is 3. The van der Waals surface area contributed by atoms with Gasteiger partial charge in [-0.2, -0.15) is 0 Å². The summed E-state index contributed by atoms with van der Waals surface area (Å²) in [6.45, 7) is 8.16. The number of amides is 1. The lowest BCUT2D eigenvalue weighted by Gasteiger charge is -2.21. The Morgan fingerprint density at radius 3 is 2.83 bits per heavy atom. The normalized spacial score (nSPS) is 12.8. The smallest absolute Gasteiger partial charge is 0.241 e. The Bertz CT molecular complexity index is 532. The molecule has 0 spiro atoms. The third kappa shape index (κ3) is 6.84. The summed E-state index contributed by atoms with van der Waals surface area (Å²) < 4.78 is 5.29. The van der Waals surface area contributed by atoms with Gasteiger partial charge in [0.15, 0.2) is 5.96 Å². The lowest BCUT2D eigenvalue weighted by molar-refractivity contribution is -0.119. The number of aliphatic imine (C=N–C) groups is 1. The summed E-state index contributed by atoms with van der Waals surface area (Å²) in [6.07, 6.45) is 0.916. The van der Waals surface area contributed by atoms with Crippen molar-refractivity contribution < 1.29 is 9.53 Å². The molecule has 7 nitrogen and oxygen atoms in total. The fourth-order valence-electron chi connectivity index (χ4n) is 1.94. The fourth-order valence-corrected chi connectivity index (χ4v) is 2.78. The SMILES string of the molecule is CCCNC(=O)CN=C(NCC)N(C)Cc1csc(C(C)OC)n1. The van der Waals surface area contributed by atoms with E-state index in [-0.39, 0.29) is 18.6 Å². The minimum atomic E-state index is -0.0643. The molecule has 8 heteroatoms. The van der Waals surface area contributed by atoms with E-state index in [4.69, 9.17) is 4.74 Å². The predicted molar refractivity (Wildman–Crippen MR) is 98.3 cm³/mol. The third-order valence-corrected chi connectivity index (χ3v) is 4.37. The summed E-state index contributed by atoms with van der Waals surface area (Å²) in [5.74, 6) is 0.629. The number of nitrogens with one attached hydrogen (secondary N) is 2. The second-order valence-corrected chi connectivity index (χ2v) is 6.32. The first-order chi connectivity index (χ1) is 11.5. The average molecular weight is 356 g/mol. The van der Waals surface area contributed by atoms with E-state index < -0.39 is 0 Å². The van der Waals surface area contributed by atoms with E-state index in [2.05, 4.69) is 20.6 Å². The number of ether oxygens (including phenoxy) is 1. The van der Waals surface area contributed by atoms with Crippen molar-refractivity contribution in [3.05, 3.63) is 16.1 Å². The van der Waals surface area contributed by atoms with Gasteiger partial charge in [-0.1, -0.05) is 6.92 Å². The molecular formula is C16H29N5O2S. The Balaban J connectivity index is 2.66. The number of guanidine groups is 1. The molecule has 1 aromatic heterocycles. The van der Waals surface area contributed by atoms with E-state index in [1.165, 1.54) is 0 Å². The standard InChI is InChI=1S/C16H29N5O2S/c1-6-8-18-14(22)9-19-16(17-7-2)21(4)10-13-11-24-15(20-13)12(3)23-5/h11-12H,6-10H2,1-5H3,(H,17,19)(H,18,22). The van der Waals surface area contributed by atoms with Crippen LogP contribution in [-0.4, -0.2) is 55.5 Å². The molecule has 0 fully saturated rings. The molecule has 1 aromatic rings. The Labute approximate surface area is 148 Å². The lowest BCUT2D eigenvalue weighted by atomic mass is 10.4. The first kappa shape index (κ1) is 20.4. The van der Waals surface area contributed by atoms with Gasteiger partial charge < -0.3 is 20.3 Å². The quantitative estimate of drug-likeness (QED) is 0.521. The first-order valence-corrected chi connectivity index (χ1v) is 9.12. The molecule has 0 saturated heterocycles. The molecule has 0 radical (unpaired) electrons. The number of hydrogen-bond donors (Lipinski definition) is 2. The Hall–Kier alpha value is -1.67. The zero-order valence-electron chi connectivity index (χ0n) is 15.3. The van der Waals surface area contributed by atoms with Crippen LogP contribution < -0.4 is 10.6 Å². The molecule has 0 aliphatic rings. The molecule has 1 rings (SSSR count). The topological polar surface area (TPSA) is 78.9 Å². The van der Waals surface area contributed by atoms with Crippen LogP contribution in [0, 0.1) is 0 Å². The predicted octanol–water partition coefficient (Wildman–Crippen LogP) is 1.77. The Morgan fingerprint density at radius 2 is 2.21 bits per heavy atom. The van der Waals surface area contributed by atoms with Crippen LogP contribution in [0.25, 0.3) is 0 Å². The number of hydrogen-bond acceptors (Lipinski definition) is 5. The highest BCUT2D eigenvalue weighted by molar-refractivity contribution is 7.09. The Morgan fingerprint density at radius 1 is 1.46 bits per heavy atom. The number of aromatic nitrogens is 1. The van der Waals surface area contributed by atoms with Gasteiger partial charge in [-0.3, -0.25) is 4.79 Å². The van der Waals surface area contributed by atoms with Gasteiger partial charge in [-0.15, -0.1) is 11.3 Å². The summed E-state index contributed by atoms with van der Waals surface area (Å²) in [4.78, 5) is 22.7. The van der Waals surface area contributed by atoms with Crippen LogP contribution in [0.15, 0.2) is 10.4 Å². The van der Waals surface area contributed by atoms with Crippen LogP contribution in [0.2, 0.25) is 0 Å². The molecule has 0 aliphatic heterocycles. The molecular weight excluding hydrogens is 326 g/mol. The van der Waals surface area contributed by atoms with Crippen LogP contribution >= 0.6 is 11.3 Å². The van der Waals surface area contributed by atoms with Gasteiger partial charge in [0, 0.05) is 32.6 Å². The maximum Gasteiger partial charge on any atom is 0.241 e. The first-order valence-electron chi connectivity index (χ1n) is 8.25. The van der Waals surface area contributed by atoms with Crippen molar-refractivity contribution in [2.75, 3.05) is 33.8 Å². The molecule has 1 unspecified atom stereocenters. The highest BCUT2D eigenvalue weighted by atomic mass is 32.1. The van der Waals surface area contributed by atoms with E-state index in [0.29, 0.717) is 19.0 Å². The minimum absolute atomic E-state index is 0.00165. The zero-order valence-corrected chi connectivity index (χ0v) is 16.1. The van der Waals surface area contributed by atoms with E-state index in [1.54, 1.807) is 18.4 Å². The van der Waals surface area contributed by atoms with E-state index in [1.807, 2.05) is 38.1 Å². The van der Waals surface area contributed by atoms with Gasteiger partial charge in [0.25, 0.3) is 0 Å². The highest BCUT2D eigenvalue weighted by Crippen LogP contribution is 2.20. The number of methoxy groups -OCH3 is 1. The van der Waals surface area contributed by atoms with Crippen molar-refractivity contribution in [1.29, 1.82) is 0 Å². The summed E-state index contributed by atoms with van der Waals surface area (Å²) in [5.41, 5.74) is 0.961. The second kappa shape index (κ2) is 11.0. The maximum absolute atomic E-state index is 11.7. The van der Waals surface area contributed by atoms with Crippen molar-refractivity contribution in [2.24, 2.45) is 4.99 Å². The van der Waals surface area contributed by atoms with Crippen LogP contribution in [0.5, 0.6) is 0 Å². The largest absolute Gasteiger partial charge is 0.375 e. The van der Waals surface area contributed by atoms with E-state index in [9.17, 15) is 4.79 Å². The lowest BCUT2D eigenvalue weighted by Crippen LogP contribution is -2.39. The number of carbonyl (C=O) groups excluding carboxylic acids is 1. The van der Waals surface area contributed by atoms with Crippen molar-refractivity contribution in [2.45, 2.75) is 39.8 Å². The Kier molecular flexibility index (Phi) is 9.33. The number of carbonyl (C=O) groups is 1. The molecule has 136 valence electrons. The molecule has 1 atom stereocenters. The molecule has 24 heavy (non-hydrogen) atoms. The van der Waals surface area contributed by atoms with Crippen LogP contribution in [0.1, 0.15) is 44.0 Å². The van der Waals surface area contributed by atoms with Gasteiger partial charge >= 0.3 is 0 Å². The summed E-state index contributed by atoms with van der Waals surface area (Å²) in [6, 6.07) is 0. The monoisotopic (exact) mass is 355 g/mol. The van der Waals surface area contributed by atoms with Gasteiger partial charge in [-0.05, 0) is 20.3 Å². The molecule has 0 aliphatic carbocycles. The maximum atomic E-state index is 11.7. The molecule has 1 heterocycles. The zero-order chi connectivity index (χ0) is 17.9. The molecule has 0 aromatic carbocycles. The molecule has 2 N–H and O–H groups in total. The van der Waals surface area contributed by atoms with Crippen LogP contribution in [-0.2, 0) is 16.1 Å². The number of rotatable bonds is 9. The second-order valence-electron chi connectivity index (χ2n) is 5.43. The van der Waals surface area contributed by atoms with Crippen molar-refractivity contribution >= 4 is 23.2 Å². The summed E-state index contributed by atoms with van der Waals surface area (Å²) >= 11 is 1.59. The van der Waals surface area contributed by atoms with E-state index >= 15 is 0 Å². The van der Waals surface area contributed by atoms with Gasteiger partial charge in [-0.25, -0.2) is 9.98 Å². The van der Waals surface area contributed by atoms with Crippen molar-refractivity contribution in [3.8, 4) is 0 Å². The third-order valence-electron chi connectivity index (χ3n) is 3.31. The molecule has 1 amide bonds. The average Bonchev–Trinajstić information content (AvgIpc) is 3.04. The van der Waals surface area contributed by atoms with Gasteiger partial charge in [0.2, 0.25) is 5.91 Å². The van der Waals surface area contributed by atoms with E-state index in [0.717, 1.165) is 23.7 Å². The van der Waals surface area contributed by atoms with Gasteiger partial charge in [0.1, 0.15) is 17.7 Å². The number of thiazole rings is 1. The minimum Gasteiger partial charge on any atom is -0.375 e. The van der Waals surface area contributed by atoms with Crippen LogP contribution in [0.4, 0.5) is 0 Å². The van der Waals surface area contributed by atoms with Gasteiger partial charge in [0.05, 0.1) is 12.2 Å². The van der Waals surface area contributed by atoms with Crippen LogP contribution in [0.3, 0.4) is 0 Å². The van der Waals surface area contributed by atoms with Crippen molar-refractivity contribution in [3.63, 3.8) is 0 Å². The van der Waals surface area contributed by atoms with Crippen molar-refractivity contribution in [1.82, 2.24) is 20.5 Å². The molecule has 0 bridgehead atoms. The highest BCUT2D eigenvalue weighted by Gasteiger charge is 2.13. The molecule has 0 saturated carbocycles. The summed E-state index contributed by atoms with van der Waals surface area (Å²) in [7, 11) is 3.61.